The number of aromatic nitrogens is 2. The van der Waals surface area contributed by atoms with Gasteiger partial charge in [0.25, 0.3) is 0 Å². The van der Waals surface area contributed by atoms with Crippen LogP contribution < -0.4 is 0 Å². The minimum atomic E-state index is -0.909. The average molecular weight is 252 g/mol. The van der Waals surface area contributed by atoms with Crippen molar-refractivity contribution in [2.45, 2.75) is 0 Å². The molecule has 3 rings (SSSR count). The lowest BCUT2D eigenvalue weighted by molar-refractivity contribution is 0.0697. The maximum Gasteiger partial charge on any atom is 0.335 e. The monoisotopic (exact) mass is 252 g/mol. The van der Waals surface area contributed by atoms with E-state index in [9.17, 15) is 4.79 Å². The highest BCUT2D eigenvalue weighted by molar-refractivity contribution is 6.00. The van der Waals surface area contributed by atoms with Gasteiger partial charge in [0.2, 0.25) is 0 Å². The van der Waals surface area contributed by atoms with Crippen molar-refractivity contribution >= 4 is 16.7 Å². The van der Waals surface area contributed by atoms with Gasteiger partial charge >= 0.3 is 5.97 Å². The van der Waals surface area contributed by atoms with Gasteiger partial charge in [-0.25, -0.2) is 4.79 Å². The molecule has 2 aromatic carbocycles. The van der Waals surface area contributed by atoms with Crippen LogP contribution in [0.5, 0.6) is 0 Å². The summed E-state index contributed by atoms with van der Waals surface area (Å²) in [6.45, 7) is 0. The van der Waals surface area contributed by atoms with Crippen molar-refractivity contribution in [1.82, 2.24) is 9.78 Å². The molecule has 0 saturated heterocycles. The third-order valence-electron chi connectivity index (χ3n) is 3.14. The summed E-state index contributed by atoms with van der Waals surface area (Å²) in [5.74, 6) is -0.909. The molecule has 94 valence electrons. The van der Waals surface area contributed by atoms with Gasteiger partial charge in [-0.2, -0.15) is 5.10 Å². The second-order valence-corrected chi connectivity index (χ2v) is 4.45. The van der Waals surface area contributed by atoms with Crippen molar-refractivity contribution in [3.63, 3.8) is 0 Å². The van der Waals surface area contributed by atoms with Crippen LogP contribution in [-0.4, -0.2) is 20.9 Å². The van der Waals surface area contributed by atoms with Crippen molar-refractivity contribution in [2.75, 3.05) is 0 Å². The number of hydrogen-bond acceptors (Lipinski definition) is 2. The van der Waals surface area contributed by atoms with Gasteiger partial charge in [-0.3, -0.25) is 4.68 Å². The maximum atomic E-state index is 11.0. The lowest BCUT2D eigenvalue weighted by atomic mass is 9.99. The molecular formula is C15H12N2O2. The van der Waals surface area contributed by atoms with E-state index < -0.39 is 5.97 Å². The molecule has 1 N–H and O–H groups in total. The lowest BCUT2D eigenvalue weighted by Crippen LogP contribution is -1.95. The van der Waals surface area contributed by atoms with E-state index in [0.29, 0.717) is 5.56 Å². The molecule has 0 atom stereocenters. The van der Waals surface area contributed by atoms with Gasteiger partial charge in [0.15, 0.2) is 0 Å². The second-order valence-electron chi connectivity index (χ2n) is 4.45. The highest BCUT2D eigenvalue weighted by Crippen LogP contribution is 2.28. The Hall–Kier alpha value is -2.62. The van der Waals surface area contributed by atoms with Crippen LogP contribution in [0.1, 0.15) is 10.4 Å². The molecule has 0 radical (unpaired) electrons. The summed E-state index contributed by atoms with van der Waals surface area (Å²) in [4.78, 5) is 11.0. The summed E-state index contributed by atoms with van der Waals surface area (Å²) in [7, 11) is 1.87. The van der Waals surface area contributed by atoms with Crippen molar-refractivity contribution in [2.24, 2.45) is 7.05 Å². The van der Waals surface area contributed by atoms with E-state index in [0.717, 1.165) is 21.9 Å². The number of benzene rings is 2. The largest absolute Gasteiger partial charge is 0.478 e. The Kier molecular flexibility index (Phi) is 2.56. The number of carbonyl (C=O) groups is 1. The molecule has 1 aromatic heterocycles. The van der Waals surface area contributed by atoms with Crippen LogP contribution in [0, 0.1) is 0 Å². The van der Waals surface area contributed by atoms with Crippen molar-refractivity contribution in [3.05, 3.63) is 54.4 Å². The number of rotatable bonds is 2. The molecule has 0 bridgehead atoms. The molecular weight excluding hydrogens is 240 g/mol. The van der Waals surface area contributed by atoms with Gasteiger partial charge in [-0.05, 0) is 28.5 Å². The summed E-state index contributed by atoms with van der Waals surface area (Å²) in [5, 5.41) is 15.1. The van der Waals surface area contributed by atoms with E-state index in [1.165, 1.54) is 0 Å². The summed E-state index contributed by atoms with van der Waals surface area (Å²) < 4.78 is 1.75. The van der Waals surface area contributed by atoms with Crippen molar-refractivity contribution in [1.29, 1.82) is 0 Å². The smallest absolute Gasteiger partial charge is 0.335 e. The molecule has 0 spiro atoms. The molecule has 4 nitrogen and oxygen atoms in total. The standard InChI is InChI=1S/C15H12N2O2/c1-17-9-12(8-16-17)13-4-2-3-10-7-11(15(18)19)5-6-14(10)13/h2-9H,1H3,(H,18,19). The Balaban J connectivity index is 2.24. The summed E-state index contributed by atoms with van der Waals surface area (Å²) in [5.41, 5.74) is 2.38. The first kappa shape index (κ1) is 11.5. The van der Waals surface area contributed by atoms with Crippen LogP contribution in [0.25, 0.3) is 21.9 Å². The molecule has 0 aliphatic heterocycles. The fourth-order valence-corrected chi connectivity index (χ4v) is 2.23. The quantitative estimate of drug-likeness (QED) is 0.763. The van der Waals surface area contributed by atoms with E-state index in [-0.39, 0.29) is 0 Å². The first-order valence-electron chi connectivity index (χ1n) is 5.90. The van der Waals surface area contributed by atoms with Crippen LogP contribution in [0.2, 0.25) is 0 Å². The van der Waals surface area contributed by atoms with Gasteiger partial charge in [0, 0.05) is 18.8 Å². The van der Waals surface area contributed by atoms with Gasteiger partial charge in [-0.1, -0.05) is 24.3 Å². The third kappa shape index (κ3) is 1.97. The van der Waals surface area contributed by atoms with E-state index in [2.05, 4.69) is 5.10 Å². The van der Waals surface area contributed by atoms with E-state index in [1.807, 2.05) is 37.5 Å². The summed E-state index contributed by atoms with van der Waals surface area (Å²) >= 11 is 0. The Morgan fingerprint density at radius 1 is 1.26 bits per heavy atom. The topological polar surface area (TPSA) is 55.1 Å². The van der Waals surface area contributed by atoms with Crippen molar-refractivity contribution < 1.29 is 9.90 Å². The molecule has 4 heteroatoms. The SMILES string of the molecule is Cn1cc(-c2cccc3cc(C(=O)O)ccc23)cn1. The average Bonchev–Trinajstić information content (AvgIpc) is 2.84. The maximum absolute atomic E-state index is 11.0. The molecule has 1 heterocycles. The molecule has 0 aliphatic carbocycles. The third-order valence-corrected chi connectivity index (χ3v) is 3.14. The molecule has 19 heavy (non-hydrogen) atoms. The predicted octanol–water partition coefficient (Wildman–Crippen LogP) is 2.94. The Morgan fingerprint density at radius 2 is 2.11 bits per heavy atom. The molecule has 0 unspecified atom stereocenters. The molecule has 0 saturated carbocycles. The fourth-order valence-electron chi connectivity index (χ4n) is 2.23. The Labute approximate surface area is 109 Å². The molecule has 3 aromatic rings. The van der Waals surface area contributed by atoms with Crippen LogP contribution in [-0.2, 0) is 7.05 Å². The predicted molar refractivity (Wildman–Crippen MR) is 73.1 cm³/mol. The molecule has 0 fully saturated rings. The lowest BCUT2D eigenvalue weighted by Gasteiger charge is -2.05. The fraction of sp³-hybridized carbons (Fsp3) is 0.0667. The van der Waals surface area contributed by atoms with Gasteiger partial charge in [0.05, 0.1) is 11.8 Å². The zero-order chi connectivity index (χ0) is 13.4. The summed E-state index contributed by atoms with van der Waals surface area (Å²) in [6, 6.07) is 11.0. The van der Waals surface area contributed by atoms with Gasteiger partial charge < -0.3 is 5.11 Å². The number of aryl methyl sites for hydroxylation is 1. The van der Waals surface area contributed by atoms with E-state index in [1.54, 1.807) is 23.0 Å². The molecule has 0 amide bonds. The first-order chi connectivity index (χ1) is 9.15. The van der Waals surface area contributed by atoms with E-state index in [4.69, 9.17) is 5.11 Å². The zero-order valence-corrected chi connectivity index (χ0v) is 10.4. The van der Waals surface area contributed by atoms with Crippen LogP contribution in [0.15, 0.2) is 48.8 Å². The van der Waals surface area contributed by atoms with Gasteiger partial charge in [0.1, 0.15) is 0 Å². The number of fused-ring (bicyclic) bond motifs is 1. The number of carboxylic acid groups (broad SMARTS) is 1. The van der Waals surface area contributed by atoms with Crippen LogP contribution in [0.3, 0.4) is 0 Å². The van der Waals surface area contributed by atoms with Crippen LogP contribution >= 0.6 is 0 Å². The number of carboxylic acids is 1. The van der Waals surface area contributed by atoms with E-state index >= 15 is 0 Å². The zero-order valence-electron chi connectivity index (χ0n) is 10.4. The van der Waals surface area contributed by atoms with Gasteiger partial charge in [-0.15, -0.1) is 0 Å². The highest BCUT2D eigenvalue weighted by Gasteiger charge is 2.08. The first-order valence-corrected chi connectivity index (χ1v) is 5.90. The normalized spacial score (nSPS) is 10.8. The number of nitrogens with zero attached hydrogens (tertiary/aromatic N) is 2. The molecule has 0 aliphatic rings. The highest BCUT2D eigenvalue weighted by atomic mass is 16.4. The summed E-state index contributed by atoms with van der Waals surface area (Å²) in [6.07, 6.45) is 3.75. The second kappa shape index (κ2) is 4.24. The Bertz CT molecular complexity index is 775. The van der Waals surface area contributed by atoms with Crippen molar-refractivity contribution in [3.8, 4) is 11.1 Å². The Morgan fingerprint density at radius 3 is 2.79 bits per heavy atom. The minimum absolute atomic E-state index is 0.302. The number of hydrogen-bond donors (Lipinski definition) is 1. The minimum Gasteiger partial charge on any atom is -0.478 e. The van der Waals surface area contributed by atoms with Crippen LogP contribution in [0.4, 0.5) is 0 Å². The number of aromatic carboxylic acids is 1.